The fourth-order valence-corrected chi connectivity index (χ4v) is 3.38. The van der Waals surface area contributed by atoms with Gasteiger partial charge in [0.25, 0.3) is 5.91 Å². The van der Waals surface area contributed by atoms with E-state index in [9.17, 15) is 9.90 Å². The van der Waals surface area contributed by atoms with Crippen molar-refractivity contribution in [2.45, 2.75) is 32.5 Å². The first-order chi connectivity index (χ1) is 12.6. The van der Waals surface area contributed by atoms with Gasteiger partial charge in [0.1, 0.15) is 11.7 Å². The van der Waals surface area contributed by atoms with Gasteiger partial charge in [0.15, 0.2) is 5.76 Å². The van der Waals surface area contributed by atoms with Crippen LogP contribution in [0, 0.1) is 6.92 Å². The van der Waals surface area contributed by atoms with E-state index in [1.54, 1.807) is 21.7 Å². The third-order valence-corrected chi connectivity index (χ3v) is 4.79. The van der Waals surface area contributed by atoms with Crippen molar-refractivity contribution in [2.75, 3.05) is 13.2 Å². The van der Waals surface area contributed by atoms with Crippen molar-refractivity contribution in [1.82, 2.24) is 14.7 Å². The number of aliphatic hydroxyl groups excluding tert-OH is 2. The van der Waals surface area contributed by atoms with Gasteiger partial charge in [0.05, 0.1) is 24.5 Å². The molecule has 1 aromatic carbocycles. The van der Waals surface area contributed by atoms with Crippen molar-refractivity contribution in [1.29, 1.82) is 0 Å². The first kappa shape index (κ1) is 16.8. The lowest BCUT2D eigenvalue weighted by molar-refractivity contribution is 0.0715. The van der Waals surface area contributed by atoms with Crippen molar-refractivity contribution in [3.05, 3.63) is 53.0 Å². The van der Waals surface area contributed by atoms with E-state index in [4.69, 9.17) is 9.52 Å². The molecule has 7 nitrogen and oxygen atoms in total. The number of hydrogen-bond acceptors (Lipinski definition) is 5. The molecule has 2 aromatic heterocycles. The third-order valence-electron chi connectivity index (χ3n) is 4.79. The van der Waals surface area contributed by atoms with Crippen LogP contribution in [0.3, 0.4) is 0 Å². The summed E-state index contributed by atoms with van der Waals surface area (Å²) in [5.41, 5.74) is 3.00. The van der Waals surface area contributed by atoms with Gasteiger partial charge in [-0.1, -0.05) is 18.2 Å². The molecule has 4 rings (SSSR count). The first-order valence-electron chi connectivity index (χ1n) is 8.71. The van der Waals surface area contributed by atoms with E-state index in [2.05, 4.69) is 5.10 Å². The molecule has 0 bridgehead atoms. The van der Waals surface area contributed by atoms with Crippen LogP contribution in [0.25, 0.3) is 11.0 Å². The highest BCUT2D eigenvalue weighted by atomic mass is 16.3. The number of furan rings is 1. The highest BCUT2D eigenvalue weighted by molar-refractivity contribution is 5.96. The number of amides is 1. The molecule has 136 valence electrons. The number of para-hydroxylation sites is 1. The zero-order valence-electron chi connectivity index (χ0n) is 14.6. The number of aryl methyl sites for hydroxylation is 2. The molecular weight excluding hydrogens is 334 g/mol. The van der Waals surface area contributed by atoms with Gasteiger partial charge in [-0.15, -0.1) is 0 Å². The first-order valence-corrected chi connectivity index (χ1v) is 8.71. The Labute approximate surface area is 150 Å². The zero-order valence-corrected chi connectivity index (χ0v) is 14.6. The van der Waals surface area contributed by atoms with Crippen molar-refractivity contribution < 1.29 is 19.4 Å². The summed E-state index contributed by atoms with van der Waals surface area (Å²) in [7, 11) is 0. The maximum absolute atomic E-state index is 13.0. The number of nitrogens with zero attached hydrogens (tertiary/aromatic N) is 3. The molecule has 2 N–H and O–H groups in total. The number of aliphatic hydroxyl groups is 2. The Hall–Kier alpha value is -2.64. The molecule has 0 radical (unpaired) electrons. The molecule has 26 heavy (non-hydrogen) atoms. The van der Waals surface area contributed by atoms with Crippen LogP contribution >= 0.6 is 0 Å². The standard InChI is InChI=1S/C19H21N3O4/c1-12-4-2-5-13-8-17(26-18(12)13)19(25)21-6-3-7-22-14(10-21)9-15(20-22)16(24)11-23/h2,4-5,8-9,16,23-24H,3,6-7,10-11H2,1H3/t16-/m1/s1. The van der Waals surface area contributed by atoms with Gasteiger partial charge >= 0.3 is 0 Å². The molecule has 0 saturated carbocycles. The molecule has 1 amide bonds. The molecule has 0 spiro atoms. The van der Waals surface area contributed by atoms with Gasteiger partial charge in [0, 0.05) is 18.5 Å². The molecule has 1 aliphatic heterocycles. The number of carbonyl (C=O) groups is 1. The predicted octanol–water partition coefficient (Wildman–Crippen LogP) is 2.01. The Morgan fingerprint density at radius 2 is 2.19 bits per heavy atom. The van der Waals surface area contributed by atoms with Crippen LogP contribution in [0.1, 0.15) is 40.0 Å². The van der Waals surface area contributed by atoms with Crippen LogP contribution in [0.2, 0.25) is 0 Å². The Kier molecular flexibility index (Phi) is 4.26. The molecule has 1 atom stereocenters. The summed E-state index contributed by atoms with van der Waals surface area (Å²) in [4.78, 5) is 14.7. The van der Waals surface area contributed by atoms with E-state index >= 15 is 0 Å². The average molecular weight is 355 g/mol. The quantitative estimate of drug-likeness (QED) is 0.750. The minimum atomic E-state index is -1.00. The maximum atomic E-state index is 13.0. The summed E-state index contributed by atoms with van der Waals surface area (Å²) in [6, 6.07) is 9.37. The van der Waals surface area contributed by atoms with Crippen LogP contribution in [0.15, 0.2) is 34.7 Å². The predicted molar refractivity (Wildman–Crippen MR) is 94.6 cm³/mol. The second kappa shape index (κ2) is 6.59. The SMILES string of the molecule is Cc1cccc2cc(C(=O)N3CCCn4nc([C@H](O)CO)cc4C3)oc12. The van der Waals surface area contributed by atoms with Crippen LogP contribution in [-0.2, 0) is 13.1 Å². The van der Waals surface area contributed by atoms with Crippen LogP contribution < -0.4 is 0 Å². The summed E-state index contributed by atoms with van der Waals surface area (Å²) in [6.07, 6.45) is -0.245. The fourth-order valence-electron chi connectivity index (χ4n) is 3.38. The van der Waals surface area contributed by atoms with Crippen molar-refractivity contribution in [3.8, 4) is 0 Å². The Morgan fingerprint density at radius 3 is 2.96 bits per heavy atom. The van der Waals surface area contributed by atoms with E-state index in [-0.39, 0.29) is 12.5 Å². The molecule has 0 saturated heterocycles. The topological polar surface area (TPSA) is 91.7 Å². The van der Waals surface area contributed by atoms with Crippen LogP contribution in [0.4, 0.5) is 0 Å². The van der Waals surface area contributed by atoms with Gasteiger partial charge in [-0.25, -0.2) is 0 Å². The molecule has 3 aromatic rings. The van der Waals surface area contributed by atoms with E-state index in [0.717, 1.165) is 28.6 Å². The smallest absolute Gasteiger partial charge is 0.289 e. The number of carbonyl (C=O) groups excluding carboxylic acids is 1. The molecular formula is C19H21N3O4. The zero-order chi connectivity index (χ0) is 18.3. The fraction of sp³-hybridized carbons (Fsp3) is 0.368. The molecule has 0 unspecified atom stereocenters. The van der Waals surface area contributed by atoms with E-state index < -0.39 is 6.10 Å². The van der Waals surface area contributed by atoms with Crippen molar-refractivity contribution >= 4 is 16.9 Å². The summed E-state index contributed by atoms with van der Waals surface area (Å²) in [5.74, 6) is 0.178. The number of benzene rings is 1. The van der Waals surface area contributed by atoms with Crippen molar-refractivity contribution in [2.24, 2.45) is 0 Å². The van der Waals surface area contributed by atoms with Gasteiger partial charge in [-0.2, -0.15) is 5.10 Å². The molecule has 0 aliphatic carbocycles. The van der Waals surface area contributed by atoms with Gasteiger partial charge in [0.2, 0.25) is 0 Å². The number of fused-ring (bicyclic) bond motifs is 2. The summed E-state index contributed by atoms with van der Waals surface area (Å²) >= 11 is 0. The number of hydrogen-bond donors (Lipinski definition) is 2. The second-order valence-electron chi connectivity index (χ2n) is 6.67. The van der Waals surface area contributed by atoms with E-state index in [0.29, 0.717) is 31.1 Å². The summed E-state index contributed by atoms with van der Waals surface area (Å²) in [6.45, 7) is 3.24. The minimum absolute atomic E-state index is 0.153. The summed E-state index contributed by atoms with van der Waals surface area (Å²) in [5, 5.41) is 24.2. The van der Waals surface area contributed by atoms with E-state index in [1.807, 2.05) is 25.1 Å². The second-order valence-corrected chi connectivity index (χ2v) is 6.67. The maximum Gasteiger partial charge on any atom is 0.289 e. The lowest BCUT2D eigenvalue weighted by Crippen LogP contribution is -2.30. The lowest BCUT2D eigenvalue weighted by Gasteiger charge is -2.18. The van der Waals surface area contributed by atoms with Crippen LogP contribution in [0.5, 0.6) is 0 Å². The van der Waals surface area contributed by atoms with Gasteiger partial charge in [-0.3, -0.25) is 9.48 Å². The lowest BCUT2D eigenvalue weighted by atomic mass is 10.2. The van der Waals surface area contributed by atoms with Gasteiger partial charge in [-0.05, 0) is 31.0 Å². The molecule has 7 heteroatoms. The van der Waals surface area contributed by atoms with Crippen LogP contribution in [-0.4, -0.2) is 44.0 Å². The number of rotatable bonds is 3. The van der Waals surface area contributed by atoms with Gasteiger partial charge < -0.3 is 19.5 Å². The molecule has 3 heterocycles. The number of aromatic nitrogens is 2. The van der Waals surface area contributed by atoms with Crippen molar-refractivity contribution in [3.63, 3.8) is 0 Å². The Morgan fingerprint density at radius 1 is 1.35 bits per heavy atom. The average Bonchev–Trinajstić information content (AvgIpc) is 3.20. The highest BCUT2D eigenvalue weighted by Gasteiger charge is 2.25. The minimum Gasteiger partial charge on any atom is -0.451 e. The largest absolute Gasteiger partial charge is 0.451 e. The van der Waals surface area contributed by atoms with E-state index in [1.165, 1.54) is 0 Å². The monoisotopic (exact) mass is 355 g/mol. The third kappa shape index (κ3) is 2.89. The highest BCUT2D eigenvalue weighted by Crippen LogP contribution is 2.25. The summed E-state index contributed by atoms with van der Waals surface area (Å²) < 4.78 is 7.61. The Bertz CT molecular complexity index is 959. The normalized spacial score (nSPS) is 15.7. The molecule has 1 aliphatic rings. The molecule has 0 fully saturated rings. The Balaban J connectivity index is 1.61.